The van der Waals surface area contributed by atoms with Crippen molar-refractivity contribution in [1.29, 1.82) is 0 Å². The van der Waals surface area contributed by atoms with Gasteiger partial charge in [-0.05, 0) is 61.1 Å². The fraction of sp³-hybridized carbons (Fsp3) is 0.333. The third-order valence-electron chi connectivity index (χ3n) is 3.58. The molecule has 2 aromatic rings. The molecule has 0 saturated carbocycles. The summed E-state index contributed by atoms with van der Waals surface area (Å²) in [6.07, 6.45) is 4.74. The average Bonchev–Trinajstić information content (AvgIpc) is 2.45. The number of unbranched alkanes of at least 4 members (excludes halogenated alkanes) is 2. The summed E-state index contributed by atoms with van der Waals surface area (Å²) in [4.78, 5) is 0. The van der Waals surface area contributed by atoms with E-state index in [1.165, 1.54) is 6.07 Å². The number of phenolic OH excluding ortho intramolecular Hbond substituents is 3. The second-order valence-electron chi connectivity index (χ2n) is 5.46. The highest BCUT2D eigenvalue weighted by Crippen LogP contribution is 2.24. The molecule has 0 saturated heterocycles. The number of phenols is 3. The van der Waals surface area contributed by atoms with Gasteiger partial charge in [0.1, 0.15) is 23.0 Å². The summed E-state index contributed by atoms with van der Waals surface area (Å²) in [6, 6.07) is 9.99. The van der Waals surface area contributed by atoms with E-state index in [2.05, 4.69) is 0 Å². The fourth-order valence-corrected chi connectivity index (χ4v) is 2.54. The number of aryl methyl sites for hydroxylation is 2. The van der Waals surface area contributed by atoms with Crippen LogP contribution in [0.4, 0.5) is 0 Å². The van der Waals surface area contributed by atoms with Crippen LogP contribution in [0.15, 0.2) is 36.4 Å². The molecule has 2 aromatic carbocycles. The first kappa shape index (κ1) is 16.0. The molecule has 0 bridgehead atoms. The molecule has 0 spiro atoms. The molecule has 0 atom stereocenters. The number of ether oxygens (including phenoxy) is 1. The predicted molar refractivity (Wildman–Crippen MR) is 85.7 cm³/mol. The molecule has 118 valence electrons. The average molecular weight is 302 g/mol. The minimum atomic E-state index is 0.0989. The molecule has 22 heavy (non-hydrogen) atoms. The predicted octanol–water partition coefficient (Wildman–Crippen LogP) is 3.77. The SMILES string of the molecule is COc1cc(O)cc(CCCCCc2cc(O)cc(O)c2)c1. The maximum Gasteiger partial charge on any atom is 0.122 e. The van der Waals surface area contributed by atoms with Gasteiger partial charge in [-0.2, -0.15) is 0 Å². The Morgan fingerprint density at radius 2 is 1.18 bits per heavy atom. The van der Waals surface area contributed by atoms with Gasteiger partial charge in [-0.15, -0.1) is 0 Å². The summed E-state index contributed by atoms with van der Waals surface area (Å²) in [7, 11) is 1.59. The van der Waals surface area contributed by atoms with Crippen molar-refractivity contribution in [1.82, 2.24) is 0 Å². The largest absolute Gasteiger partial charge is 0.508 e. The quantitative estimate of drug-likeness (QED) is 0.681. The Kier molecular flexibility index (Phi) is 5.53. The molecule has 0 aliphatic heterocycles. The molecule has 0 aromatic heterocycles. The first-order valence-corrected chi connectivity index (χ1v) is 7.45. The van der Waals surface area contributed by atoms with Crippen molar-refractivity contribution in [3.05, 3.63) is 47.5 Å². The molecule has 3 N–H and O–H groups in total. The van der Waals surface area contributed by atoms with E-state index in [0.717, 1.165) is 43.2 Å². The number of hydrogen-bond donors (Lipinski definition) is 3. The van der Waals surface area contributed by atoms with Crippen LogP contribution < -0.4 is 4.74 Å². The van der Waals surface area contributed by atoms with E-state index in [-0.39, 0.29) is 17.2 Å². The van der Waals surface area contributed by atoms with Crippen LogP contribution in [0.1, 0.15) is 30.4 Å². The van der Waals surface area contributed by atoms with E-state index >= 15 is 0 Å². The smallest absolute Gasteiger partial charge is 0.122 e. The zero-order valence-corrected chi connectivity index (χ0v) is 12.7. The zero-order chi connectivity index (χ0) is 15.9. The summed E-state index contributed by atoms with van der Waals surface area (Å²) >= 11 is 0. The molecular formula is C18H22O4. The highest BCUT2D eigenvalue weighted by molar-refractivity contribution is 5.38. The van der Waals surface area contributed by atoms with Crippen LogP contribution in [0.5, 0.6) is 23.0 Å². The minimum Gasteiger partial charge on any atom is -0.508 e. The number of methoxy groups -OCH3 is 1. The lowest BCUT2D eigenvalue weighted by molar-refractivity contribution is 0.406. The van der Waals surface area contributed by atoms with E-state index in [4.69, 9.17) is 4.74 Å². The molecule has 4 nitrogen and oxygen atoms in total. The Balaban J connectivity index is 1.76. The van der Waals surface area contributed by atoms with Crippen LogP contribution in [0.2, 0.25) is 0 Å². The van der Waals surface area contributed by atoms with Crippen LogP contribution in [-0.2, 0) is 12.8 Å². The minimum absolute atomic E-state index is 0.0989. The number of hydrogen-bond acceptors (Lipinski definition) is 4. The summed E-state index contributed by atoms with van der Waals surface area (Å²) < 4.78 is 5.14. The van der Waals surface area contributed by atoms with Gasteiger partial charge in [0.15, 0.2) is 0 Å². The number of benzene rings is 2. The Morgan fingerprint density at radius 1 is 0.682 bits per heavy atom. The van der Waals surface area contributed by atoms with Gasteiger partial charge in [-0.25, -0.2) is 0 Å². The zero-order valence-electron chi connectivity index (χ0n) is 12.7. The van der Waals surface area contributed by atoms with E-state index in [9.17, 15) is 15.3 Å². The summed E-state index contributed by atoms with van der Waals surface area (Å²) in [6.45, 7) is 0. The normalized spacial score (nSPS) is 10.6. The topological polar surface area (TPSA) is 69.9 Å². The lowest BCUT2D eigenvalue weighted by atomic mass is 10.0. The van der Waals surface area contributed by atoms with E-state index in [1.54, 1.807) is 31.4 Å². The molecular weight excluding hydrogens is 280 g/mol. The standard InChI is InChI=1S/C18H22O4/c1-22-18-10-14(9-17(21)12-18)6-4-2-3-5-13-7-15(19)11-16(20)8-13/h7-12,19-21H,2-6H2,1H3. The Bertz CT molecular complexity index is 602. The first-order valence-electron chi connectivity index (χ1n) is 7.45. The molecule has 0 heterocycles. The van der Waals surface area contributed by atoms with Gasteiger partial charge in [0, 0.05) is 12.1 Å². The molecule has 0 fully saturated rings. The number of aromatic hydroxyl groups is 3. The first-order chi connectivity index (χ1) is 10.6. The summed E-state index contributed by atoms with van der Waals surface area (Å²) in [5.41, 5.74) is 2.00. The van der Waals surface area contributed by atoms with Gasteiger partial charge in [0.05, 0.1) is 7.11 Å². The maximum atomic E-state index is 9.60. The highest BCUT2D eigenvalue weighted by atomic mass is 16.5. The van der Waals surface area contributed by atoms with Crippen molar-refractivity contribution in [2.45, 2.75) is 32.1 Å². The molecule has 0 radical (unpaired) electrons. The Morgan fingerprint density at radius 3 is 1.73 bits per heavy atom. The number of rotatable bonds is 7. The van der Waals surface area contributed by atoms with Crippen LogP contribution >= 0.6 is 0 Å². The van der Waals surface area contributed by atoms with Crippen molar-refractivity contribution < 1.29 is 20.1 Å². The molecule has 2 rings (SSSR count). The molecule has 0 aliphatic carbocycles. The van der Waals surface area contributed by atoms with Crippen molar-refractivity contribution in [3.8, 4) is 23.0 Å². The Labute approximate surface area is 130 Å². The van der Waals surface area contributed by atoms with Crippen LogP contribution in [0.3, 0.4) is 0 Å². The van der Waals surface area contributed by atoms with Gasteiger partial charge in [0.2, 0.25) is 0 Å². The van der Waals surface area contributed by atoms with E-state index in [1.807, 2.05) is 6.07 Å². The van der Waals surface area contributed by atoms with Gasteiger partial charge >= 0.3 is 0 Å². The van der Waals surface area contributed by atoms with Crippen molar-refractivity contribution in [2.75, 3.05) is 7.11 Å². The third kappa shape index (κ3) is 4.88. The van der Waals surface area contributed by atoms with Crippen LogP contribution in [0, 0.1) is 0 Å². The fourth-order valence-electron chi connectivity index (χ4n) is 2.54. The van der Waals surface area contributed by atoms with Crippen LogP contribution in [0.25, 0.3) is 0 Å². The second-order valence-corrected chi connectivity index (χ2v) is 5.46. The van der Waals surface area contributed by atoms with Crippen molar-refractivity contribution >= 4 is 0 Å². The van der Waals surface area contributed by atoms with Crippen LogP contribution in [-0.4, -0.2) is 22.4 Å². The maximum absolute atomic E-state index is 9.60. The summed E-state index contributed by atoms with van der Waals surface area (Å²) in [5.74, 6) is 1.10. The Hall–Kier alpha value is -2.36. The van der Waals surface area contributed by atoms with Gasteiger partial charge in [-0.3, -0.25) is 0 Å². The van der Waals surface area contributed by atoms with Crippen molar-refractivity contribution in [2.24, 2.45) is 0 Å². The van der Waals surface area contributed by atoms with Crippen molar-refractivity contribution in [3.63, 3.8) is 0 Å². The molecule has 4 heteroatoms. The molecule has 0 amide bonds. The highest BCUT2D eigenvalue weighted by Gasteiger charge is 2.02. The van der Waals surface area contributed by atoms with Gasteiger partial charge in [0.25, 0.3) is 0 Å². The second kappa shape index (κ2) is 7.59. The van der Waals surface area contributed by atoms with Gasteiger partial charge < -0.3 is 20.1 Å². The summed E-state index contributed by atoms with van der Waals surface area (Å²) in [5, 5.41) is 28.5. The third-order valence-corrected chi connectivity index (χ3v) is 3.58. The molecule has 0 unspecified atom stereocenters. The lowest BCUT2D eigenvalue weighted by Gasteiger charge is -2.07. The van der Waals surface area contributed by atoms with Gasteiger partial charge in [-0.1, -0.05) is 6.42 Å². The van der Waals surface area contributed by atoms with E-state index < -0.39 is 0 Å². The molecule has 0 aliphatic rings. The monoisotopic (exact) mass is 302 g/mol. The lowest BCUT2D eigenvalue weighted by Crippen LogP contribution is -1.91. The van der Waals surface area contributed by atoms with E-state index in [0.29, 0.717) is 5.75 Å².